The zero-order valence-electron chi connectivity index (χ0n) is 12.8. The van der Waals surface area contributed by atoms with Crippen molar-refractivity contribution in [1.82, 2.24) is 0 Å². The number of ether oxygens (including phenoxy) is 1. The van der Waals surface area contributed by atoms with Gasteiger partial charge in [-0.05, 0) is 42.8 Å². The molecule has 0 bridgehead atoms. The van der Waals surface area contributed by atoms with Crippen LogP contribution in [0.25, 0.3) is 0 Å². The first kappa shape index (κ1) is 16.8. The summed E-state index contributed by atoms with van der Waals surface area (Å²) in [7, 11) is 0. The number of carbonyl (C=O) groups is 2. The molecule has 124 valence electrons. The Bertz CT molecular complexity index is 774. The zero-order chi connectivity index (χ0) is 17.1. The van der Waals surface area contributed by atoms with Crippen LogP contribution in [0.3, 0.4) is 0 Å². The maximum Gasteiger partial charge on any atom is 0.227 e. The molecule has 1 aliphatic heterocycles. The highest BCUT2D eigenvalue weighted by molar-refractivity contribution is 6.34. The fraction of sp³-hybridized carbons (Fsp3) is 0.222. The average Bonchev–Trinajstić information content (AvgIpc) is 3.01. The summed E-state index contributed by atoms with van der Waals surface area (Å²) in [6.45, 7) is 0.588. The van der Waals surface area contributed by atoms with E-state index in [1.807, 2.05) is 0 Å². The highest BCUT2D eigenvalue weighted by Crippen LogP contribution is 2.28. The van der Waals surface area contributed by atoms with Crippen LogP contribution in [0.15, 0.2) is 42.5 Å². The van der Waals surface area contributed by atoms with Gasteiger partial charge in [-0.1, -0.05) is 23.2 Å². The largest absolute Gasteiger partial charge is 0.484 e. The van der Waals surface area contributed by atoms with Crippen molar-refractivity contribution >= 4 is 40.6 Å². The maximum absolute atomic E-state index is 12.2. The predicted molar refractivity (Wildman–Crippen MR) is 94.3 cm³/mol. The molecular formula is C18H15Cl2NO3. The van der Waals surface area contributed by atoms with E-state index in [1.54, 1.807) is 47.4 Å². The Morgan fingerprint density at radius 1 is 1.12 bits per heavy atom. The Balaban J connectivity index is 1.65. The third kappa shape index (κ3) is 3.71. The Labute approximate surface area is 149 Å². The summed E-state index contributed by atoms with van der Waals surface area (Å²) in [5.41, 5.74) is 1.33. The van der Waals surface area contributed by atoms with Crippen molar-refractivity contribution in [2.24, 2.45) is 0 Å². The molecular weight excluding hydrogens is 349 g/mol. The van der Waals surface area contributed by atoms with Gasteiger partial charge in [0.05, 0.1) is 5.02 Å². The molecule has 0 atom stereocenters. The van der Waals surface area contributed by atoms with Crippen molar-refractivity contribution in [2.75, 3.05) is 18.1 Å². The Morgan fingerprint density at radius 3 is 2.54 bits per heavy atom. The monoisotopic (exact) mass is 363 g/mol. The van der Waals surface area contributed by atoms with Gasteiger partial charge in [0.15, 0.2) is 12.4 Å². The van der Waals surface area contributed by atoms with Crippen molar-refractivity contribution in [1.29, 1.82) is 0 Å². The van der Waals surface area contributed by atoms with Crippen molar-refractivity contribution in [3.63, 3.8) is 0 Å². The van der Waals surface area contributed by atoms with Gasteiger partial charge in [0.25, 0.3) is 0 Å². The second kappa shape index (κ2) is 7.24. The highest BCUT2D eigenvalue weighted by Gasteiger charge is 2.21. The van der Waals surface area contributed by atoms with Crippen LogP contribution in [0, 0.1) is 0 Å². The minimum Gasteiger partial charge on any atom is -0.484 e. The number of halogens is 2. The van der Waals surface area contributed by atoms with Crippen LogP contribution < -0.4 is 9.64 Å². The fourth-order valence-electron chi connectivity index (χ4n) is 2.56. The minimum atomic E-state index is -0.176. The number of nitrogens with zero attached hydrogens (tertiary/aromatic N) is 1. The number of rotatable bonds is 5. The fourth-order valence-corrected chi connectivity index (χ4v) is 2.90. The van der Waals surface area contributed by atoms with Gasteiger partial charge in [-0.2, -0.15) is 0 Å². The zero-order valence-corrected chi connectivity index (χ0v) is 14.3. The van der Waals surface area contributed by atoms with Gasteiger partial charge in [-0.15, -0.1) is 0 Å². The number of amides is 1. The van der Waals surface area contributed by atoms with Gasteiger partial charge in [-0.3, -0.25) is 9.59 Å². The molecule has 1 aliphatic rings. The second-order valence-corrected chi connectivity index (χ2v) is 6.33. The van der Waals surface area contributed by atoms with E-state index in [0.29, 0.717) is 27.8 Å². The molecule has 2 aromatic rings. The van der Waals surface area contributed by atoms with E-state index in [9.17, 15) is 9.59 Å². The lowest BCUT2D eigenvalue weighted by molar-refractivity contribution is -0.117. The molecule has 24 heavy (non-hydrogen) atoms. The molecule has 1 saturated heterocycles. The van der Waals surface area contributed by atoms with Gasteiger partial charge in [-0.25, -0.2) is 0 Å². The number of carbonyl (C=O) groups excluding carboxylic acids is 2. The van der Waals surface area contributed by atoms with E-state index in [2.05, 4.69) is 0 Å². The molecule has 0 aliphatic carbocycles. The number of hydrogen-bond donors (Lipinski definition) is 0. The van der Waals surface area contributed by atoms with E-state index in [0.717, 1.165) is 18.7 Å². The second-order valence-electron chi connectivity index (χ2n) is 5.48. The van der Waals surface area contributed by atoms with E-state index in [-0.39, 0.29) is 18.3 Å². The normalized spacial score (nSPS) is 14.1. The average molecular weight is 364 g/mol. The Hall–Kier alpha value is -2.04. The molecule has 6 heteroatoms. The molecule has 0 N–H and O–H groups in total. The van der Waals surface area contributed by atoms with Crippen molar-refractivity contribution < 1.29 is 14.3 Å². The Kier molecular flexibility index (Phi) is 5.07. The third-order valence-corrected chi connectivity index (χ3v) is 4.37. The van der Waals surface area contributed by atoms with Crippen molar-refractivity contribution in [2.45, 2.75) is 12.8 Å². The third-order valence-electron chi connectivity index (χ3n) is 3.83. The Morgan fingerprint density at radius 2 is 1.88 bits per heavy atom. The van der Waals surface area contributed by atoms with Gasteiger partial charge in [0, 0.05) is 35.3 Å². The number of Topliss-reactive ketones (excluding diaryl/α,β-unsaturated/α-hetero) is 1. The number of benzene rings is 2. The molecule has 0 saturated carbocycles. The first-order chi connectivity index (χ1) is 11.5. The van der Waals surface area contributed by atoms with Crippen LogP contribution in [0.2, 0.25) is 10.0 Å². The van der Waals surface area contributed by atoms with Crippen molar-refractivity contribution in [3.05, 3.63) is 58.1 Å². The summed E-state index contributed by atoms with van der Waals surface area (Å²) in [5.74, 6) is 0.315. The molecule has 0 spiro atoms. The van der Waals surface area contributed by atoms with Gasteiger partial charge in [0.1, 0.15) is 5.75 Å². The summed E-state index contributed by atoms with van der Waals surface area (Å²) < 4.78 is 5.45. The topological polar surface area (TPSA) is 46.6 Å². The summed E-state index contributed by atoms with van der Waals surface area (Å²) >= 11 is 11.9. The standard InChI is InChI=1S/C18H15Cl2NO3/c19-13-5-8-15(20)17(10-13)24-11-16(22)12-3-6-14(7-4-12)21-9-1-2-18(21)23/h3-8,10H,1-2,9,11H2. The molecule has 4 nitrogen and oxygen atoms in total. The summed E-state index contributed by atoms with van der Waals surface area (Å²) in [4.78, 5) is 25.7. The maximum atomic E-state index is 12.2. The molecule has 3 rings (SSSR count). The predicted octanol–water partition coefficient (Wildman–Crippen LogP) is 4.38. The first-order valence-corrected chi connectivity index (χ1v) is 8.31. The van der Waals surface area contributed by atoms with Crippen LogP contribution in [0.4, 0.5) is 5.69 Å². The smallest absolute Gasteiger partial charge is 0.227 e. The van der Waals surface area contributed by atoms with Gasteiger partial charge in [0.2, 0.25) is 5.91 Å². The van der Waals surface area contributed by atoms with E-state index in [1.165, 1.54) is 0 Å². The van der Waals surface area contributed by atoms with E-state index < -0.39 is 0 Å². The number of anilines is 1. The molecule has 1 amide bonds. The SMILES string of the molecule is O=C(COc1cc(Cl)ccc1Cl)c1ccc(N2CCCC2=O)cc1. The number of hydrogen-bond acceptors (Lipinski definition) is 3. The highest BCUT2D eigenvalue weighted by atomic mass is 35.5. The molecule has 0 aromatic heterocycles. The minimum absolute atomic E-state index is 0.119. The molecule has 1 heterocycles. The first-order valence-electron chi connectivity index (χ1n) is 7.56. The van der Waals surface area contributed by atoms with Gasteiger partial charge >= 0.3 is 0 Å². The van der Waals surface area contributed by atoms with E-state index in [4.69, 9.17) is 27.9 Å². The van der Waals surface area contributed by atoms with Crippen molar-refractivity contribution in [3.8, 4) is 5.75 Å². The lowest BCUT2D eigenvalue weighted by atomic mass is 10.1. The van der Waals surface area contributed by atoms with Gasteiger partial charge < -0.3 is 9.64 Å². The molecule has 2 aromatic carbocycles. The summed E-state index contributed by atoms with van der Waals surface area (Å²) in [6.07, 6.45) is 1.45. The number of ketones is 1. The molecule has 0 unspecified atom stereocenters. The quantitative estimate of drug-likeness (QED) is 0.740. The molecule has 0 radical (unpaired) electrons. The summed E-state index contributed by atoms with van der Waals surface area (Å²) in [6, 6.07) is 11.8. The van der Waals surface area contributed by atoms with Crippen LogP contribution >= 0.6 is 23.2 Å². The molecule has 1 fully saturated rings. The lowest BCUT2D eigenvalue weighted by Gasteiger charge is -2.15. The summed E-state index contributed by atoms with van der Waals surface area (Å²) in [5, 5.41) is 0.886. The van der Waals surface area contributed by atoms with E-state index >= 15 is 0 Å². The lowest BCUT2D eigenvalue weighted by Crippen LogP contribution is -2.23. The van der Waals surface area contributed by atoms with Crippen LogP contribution in [0.1, 0.15) is 23.2 Å². The van der Waals surface area contributed by atoms with Crippen LogP contribution in [-0.2, 0) is 4.79 Å². The van der Waals surface area contributed by atoms with Crippen LogP contribution in [-0.4, -0.2) is 24.8 Å². The van der Waals surface area contributed by atoms with Crippen LogP contribution in [0.5, 0.6) is 5.75 Å².